The van der Waals surface area contributed by atoms with Gasteiger partial charge in [-0.1, -0.05) is 60.7 Å². The van der Waals surface area contributed by atoms with Crippen LogP contribution in [-0.2, 0) is 17.8 Å². The Morgan fingerprint density at radius 1 is 0.920 bits per heavy atom. The van der Waals surface area contributed by atoms with Crippen LogP contribution in [0.2, 0.25) is 0 Å². The number of nitrogens with zero attached hydrogens (tertiary/aromatic N) is 3. The lowest BCUT2D eigenvalue weighted by Gasteiger charge is -2.34. The lowest BCUT2D eigenvalue weighted by atomic mass is 10.1. The third-order valence-corrected chi connectivity index (χ3v) is 4.65. The Hall–Kier alpha value is -2.64. The minimum absolute atomic E-state index is 0.0294. The minimum Gasteiger partial charge on any atom is -0.333 e. The average molecular weight is 333 g/mol. The maximum Gasteiger partial charge on any atom is 0.306 e. The van der Waals surface area contributed by atoms with Crippen LogP contribution < -0.4 is 0 Å². The van der Waals surface area contributed by atoms with Crippen molar-refractivity contribution in [3.8, 4) is 0 Å². The third kappa shape index (κ3) is 4.68. The first kappa shape index (κ1) is 17.2. The van der Waals surface area contributed by atoms with Crippen LogP contribution >= 0.6 is 0 Å². The fourth-order valence-electron chi connectivity index (χ4n) is 3.20. The smallest absolute Gasteiger partial charge is 0.306 e. The second-order valence-corrected chi connectivity index (χ2v) is 6.42. The summed E-state index contributed by atoms with van der Waals surface area (Å²) in [7, 11) is 0. The first-order valence-corrected chi connectivity index (χ1v) is 8.72. The first-order chi connectivity index (χ1) is 12.3. The lowest BCUT2D eigenvalue weighted by Crippen LogP contribution is -2.50. The molecule has 0 aliphatic carbocycles. The summed E-state index contributed by atoms with van der Waals surface area (Å²) in [6, 6.07) is 19.6. The Kier molecular flexibility index (Phi) is 5.81. The van der Waals surface area contributed by atoms with Crippen molar-refractivity contribution in [1.29, 1.82) is 0 Å². The van der Waals surface area contributed by atoms with Crippen molar-refractivity contribution in [2.24, 2.45) is 0 Å². The fourth-order valence-corrected chi connectivity index (χ4v) is 3.20. The Bertz CT molecular complexity index is 716. The van der Waals surface area contributed by atoms with Crippen molar-refractivity contribution in [2.45, 2.75) is 19.0 Å². The van der Waals surface area contributed by atoms with E-state index >= 15 is 0 Å². The van der Waals surface area contributed by atoms with Gasteiger partial charge in [-0.15, -0.1) is 0 Å². The summed E-state index contributed by atoms with van der Waals surface area (Å²) < 4.78 is 0. The van der Waals surface area contributed by atoms with Gasteiger partial charge < -0.3 is 9.74 Å². The molecule has 2 aromatic rings. The molecule has 1 amide bonds. The number of amides is 1. The minimum atomic E-state index is -0.608. The summed E-state index contributed by atoms with van der Waals surface area (Å²) in [5.74, 6) is -0.0294. The van der Waals surface area contributed by atoms with Crippen LogP contribution in [0.1, 0.15) is 11.1 Å². The molecular weight excluding hydrogens is 310 g/mol. The van der Waals surface area contributed by atoms with E-state index < -0.39 is 6.04 Å². The van der Waals surface area contributed by atoms with E-state index in [1.165, 1.54) is 5.56 Å². The van der Waals surface area contributed by atoms with E-state index in [0.29, 0.717) is 19.5 Å². The van der Waals surface area contributed by atoms with Gasteiger partial charge in [-0.2, -0.15) is 0 Å². The summed E-state index contributed by atoms with van der Waals surface area (Å²) in [4.78, 5) is 20.5. The number of piperazine rings is 1. The maximum atomic E-state index is 12.7. The van der Waals surface area contributed by atoms with Crippen LogP contribution in [0.4, 0.5) is 0 Å². The highest BCUT2D eigenvalue weighted by Gasteiger charge is 2.31. The van der Waals surface area contributed by atoms with Crippen LogP contribution in [0.3, 0.4) is 0 Å². The average Bonchev–Trinajstić information content (AvgIpc) is 2.68. The number of benzene rings is 2. The zero-order valence-electron chi connectivity index (χ0n) is 14.3. The predicted octanol–water partition coefficient (Wildman–Crippen LogP) is 2.86. The van der Waals surface area contributed by atoms with Gasteiger partial charge in [0.1, 0.15) is 0 Å². The molecule has 0 N–H and O–H groups in total. The van der Waals surface area contributed by atoms with E-state index in [1.54, 1.807) is 0 Å². The molecule has 4 nitrogen and oxygen atoms in total. The standard InChI is InChI=1S/C21H23N3O/c1-22-20(16-18-8-4-2-5-9-18)21(25)24-14-12-23(13-15-24)17-19-10-6-3-7-11-19/h2-11,20H,12-17H2/t20-/m1/s1. The van der Waals surface area contributed by atoms with Gasteiger partial charge in [0.15, 0.2) is 0 Å². The Balaban J connectivity index is 1.53. The molecule has 1 aliphatic heterocycles. The zero-order chi connectivity index (χ0) is 17.5. The Morgan fingerprint density at radius 3 is 2.04 bits per heavy atom. The number of carbonyl (C=O) groups is 1. The molecule has 0 bridgehead atoms. The van der Waals surface area contributed by atoms with Crippen LogP contribution in [0.25, 0.3) is 4.85 Å². The topological polar surface area (TPSA) is 27.9 Å². The zero-order valence-corrected chi connectivity index (χ0v) is 14.3. The van der Waals surface area contributed by atoms with Gasteiger partial charge in [0.25, 0.3) is 0 Å². The molecule has 1 heterocycles. The molecule has 1 fully saturated rings. The van der Waals surface area contributed by atoms with Crippen molar-refractivity contribution >= 4 is 5.91 Å². The molecular formula is C21H23N3O. The second-order valence-electron chi connectivity index (χ2n) is 6.42. The molecule has 2 aromatic carbocycles. The quantitative estimate of drug-likeness (QED) is 0.787. The number of hydrogen-bond donors (Lipinski definition) is 0. The first-order valence-electron chi connectivity index (χ1n) is 8.72. The van der Waals surface area contributed by atoms with Crippen molar-refractivity contribution in [3.63, 3.8) is 0 Å². The van der Waals surface area contributed by atoms with E-state index in [-0.39, 0.29) is 5.91 Å². The van der Waals surface area contributed by atoms with Crippen molar-refractivity contribution in [3.05, 3.63) is 83.2 Å². The predicted molar refractivity (Wildman–Crippen MR) is 98.8 cm³/mol. The summed E-state index contributed by atoms with van der Waals surface area (Å²) in [6.45, 7) is 11.4. The van der Waals surface area contributed by atoms with Gasteiger partial charge in [0.05, 0.1) is 6.42 Å². The van der Waals surface area contributed by atoms with Gasteiger partial charge in [0, 0.05) is 32.7 Å². The maximum absolute atomic E-state index is 12.7. The summed E-state index contributed by atoms with van der Waals surface area (Å²) >= 11 is 0. The van der Waals surface area contributed by atoms with Crippen LogP contribution in [-0.4, -0.2) is 47.9 Å². The molecule has 1 saturated heterocycles. The third-order valence-electron chi connectivity index (χ3n) is 4.65. The Labute approximate surface area is 149 Å². The Morgan fingerprint density at radius 2 is 1.48 bits per heavy atom. The summed E-state index contributed by atoms with van der Waals surface area (Å²) in [5, 5.41) is 0. The second kappa shape index (κ2) is 8.46. The molecule has 0 radical (unpaired) electrons. The molecule has 1 aliphatic rings. The number of hydrogen-bond acceptors (Lipinski definition) is 2. The van der Waals surface area contributed by atoms with Gasteiger partial charge in [-0.25, -0.2) is 6.57 Å². The van der Waals surface area contributed by atoms with Gasteiger partial charge in [-0.3, -0.25) is 9.69 Å². The molecule has 0 spiro atoms. The van der Waals surface area contributed by atoms with Crippen LogP contribution in [0.5, 0.6) is 0 Å². The van der Waals surface area contributed by atoms with Gasteiger partial charge >= 0.3 is 11.9 Å². The SMILES string of the molecule is [C-]#[N+][C@H](Cc1ccccc1)C(=O)N1CCN(Cc2ccccc2)CC1. The van der Waals surface area contributed by atoms with E-state index in [4.69, 9.17) is 6.57 Å². The summed E-state index contributed by atoms with van der Waals surface area (Å²) in [5.41, 5.74) is 2.34. The normalized spacial score (nSPS) is 16.2. The molecule has 1 atom stereocenters. The van der Waals surface area contributed by atoms with Crippen LogP contribution in [0, 0.1) is 6.57 Å². The van der Waals surface area contributed by atoms with E-state index in [9.17, 15) is 4.79 Å². The number of rotatable bonds is 5. The van der Waals surface area contributed by atoms with E-state index in [2.05, 4.69) is 34.0 Å². The van der Waals surface area contributed by atoms with E-state index in [0.717, 1.165) is 25.2 Å². The van der Waals surface area contributed by atoms with Crippen molar-refractivity contribution in [2.75, 3.05) is 26.2 Å². The van der Waals surface area contributed by atoms with Gasteiger partial charge in [0.2, 0.25) is 0 Å². The molecule has 0 unspecified atom stereocenters. The highest BCUT2D eigenvalue weighted by molar-refractivity contribution is 5.84. The molecule has 128 valence electrons. The van der Waals surface area contributed by atoms with E-state index in [1.807, 2.05) is 41.3 Å². The fraction of sp³-hybridized carbons (Fsp3) is 0.333. The highest BCUT2D eigenvalue weighted by atomic mass is 16.2. The lowest BCUT2D eigenvalue weighted by molar-refractivity contribution is -0.133. The highest BCUT2D eigenvalue weighted by Crippen LogP contribution is 2.13. The van der Waals surface area contributed by atoms with Crippen LogP contribution in [0.15, 0.2) is 60.7 Å². The molecule has 0 saturated carbocycles. The molecule has 0 aromatic heterocycles. The van der Waals surface area contributed by atoms with Crippen molar-refractivity contribution < 1.29 is 4.79 Å². The van der Waals surface area contributed by atoms with Gasteiger partial charge in [-0.05, 0) is 11.1 Å². The molecule has 25 heavy (non-hydrogen) atoms. The monoisotopic (exact) mass is 333 g/mol. The molecule has 3 rings (SSSR count). The van der Waals surface area contributed by atoms with Crippen molar-refractivity contribution in [1.82, 2.24) is 9.80 Å². The largest absolute Gasteiger partial charge is 0.333 e. The summed E-state index contributed by atoms with van der Waals surface area (Å²) in [6.07, 6.45) is 0.493. The molecule has 4 heteroatoms. The number of carbonyl (C=O) groups excluding carboxylic acids is 1.